The van der Waals surface area contributed by atoms with Gasteiger partial charge in [0.05, 0.1) is 13.5 Å². The minimum Gasteiger partial charge on any atom is -0.481 e. The molecule has 0 fully saturated rings. The van der Waals surface area contributed by atoms with E-state index in [2.05, 4.69) is 24.6 Å². The molecule has 0 bridgehead atoms. The summed E-state index contributed by atoms with van der Waals surface area (Å²) in [4.78, 5) is 22.0. The van der Waals surface area contributed by atoms with Crippen molar-refractivity contribution in [3.63, 3.8) is 0 Å². The van der Waals surface area contributed by atoms with Gasteiger partial charge < -0.3 is 9.26 Å². The highest BCUT2D eigenvalue weighted by Crippen LogP contribution is 2.20. The predicted molar refractivity (Wildman–Crippen MR) is 56.6 cm³/mol. The minimum absolute atomic E-state index is 0.0596. The van der Waals surface area contributed by atoms with E-state index >= 15 is 0 Å². The summed E-state index contributed by atoms with van der Waals surface area (Å²) in [6.07, 6.45) is -4.78. The first-order valence-corrected chi connectivity index (χ1v) is 5.19. The molecule has 0 spiro atoms. The normalized spacial score (nSPS) is 11.4. The SMILES string of the molecule is COc1cc(-c2noc(CC(=O)C(F)(F)F)n2)ncn1. The number of ketones is 1. The van der Waals surface area contributed by atoms with E-state index < -0.39 is 24.3 Å². The lowest BCUT2D eigenvalue weighted by molar-refractivity contribution is -0.170. The molecule has 106 valence electrons. The summed E-state index contributed by atoms with van der Waals surface area (Å²) in [5.41, 5.74) is 0.200. The number of methoxy groups -OCH3 is 1. The van der Waals surface area contributed by atoms with Crippen LogP contribution < -0.4 is 4.74 Å². The molecule has 0 aliphatic carbocycles. The van der Waals surface area contributed by atoms with E-state index in [1.54, 1.807) is 0 Å². The van der Waals surface area contributed by atoms with Crippen molar-refractivity contribution in [2.45, 2.75) is 12.6 Å². The first kappa shape index (κ1) is 13.9. The van der Waals surface area contributed by atoms with Crippen LogP contribution in [0.15, 0.2) is 16.9 Å². The van der Waals surface area contributed by atoms with Gasteiger partial charge >= 0.3 is 6.18 Å². The van der Waals surface area contributed by atoms with Crippen LogP contribution in [0.25, 0.3) is 11.5 Å². The van der Waals surface area contributed by atoms with E-state index in [0.717, 1.165) is 0 Å². The van der Waals surface area contributed by atoms with Crippen molar-refractivity contribution in [3.05, 3.63) is 18.3 Å². The van der Waals surface area contributed by atoms with Crippen molar-refractivity contribution < 1.29 is 27.2 Å². The van der Waals surface area contributed by atoms with E-state index in [1.807, 2.05) is 0 Å². The van der Waals surface area contributed by atoms with Gasteiger partial charge in [-0.15, -0.1) is 0 Å². The number of nitrogens with zero attached hydrogens (tertiary/aromatic N) is 4. The topological polar surface area (TPSA) is 91.0 Å². The highest BCUT2D eigenvalue weighted by atomic mass is 19.4. The number of ether oxygens (including phenoxy) is 1. The van der Waals surface area contributed by atoms with Gasteiger partial charge in [-0.3, -0.25) is 4.79 Å². The average molecular weight is 288 g/mol. The number of rotatable bonds is 4. The Labute approximate surface area is 109 Å². The van der Waals surface area contributed by atoms with E-state index in [4.69, 9.17) is 4.74 Å². The summed E-state index contributed by atoms with van der Waals surface area (Å²) in [5, 5.41) is 3.45. The third-order valence-electron chi connectivity index (χ3n) is 2.18. The third-order valence-corrected chi connectivity index (χ3v) is 2.18. The molecule has 0 saturated carbocycles. The van der Waals surface area contributed by atoms with E-state index in [-0.39, 0.29) is 17.4 Å². The van der Waals surface area contributed by atoms with Crippen molar-refractivity contribution in [1.29, 1.82) is 0 Å². The van der Waals surface area contributed by atoms with Gasteiger partial charge in [-0.1, -0.05) is 5.16 Å². The van der Waals surface area contributed by atoms with Gasteiger partial charge in [0.2, 0.25) is 23.4 Å². The van der Waals surface area contributed by atoms with Crippen LogP contribution in [0.4, 0.5) is 13.2 Å². The van der Waals surface area contributed by atoms with Crippen molar-refractivity contribution in [2.24, 2.45) is 0 Å². The molecule has 7 nitrogen and oxygen atoms in total. The Morgan fingerprint density at radius 1 is 1.40 bits per heavy atom. The Hall–Kier alpha value is -2.52. The molecule has 0 amide bonds. The van der Waals surface area contributed by atoms with Crippen molar-refractivity contribution >= 4 is 5.78 Å². The van der Waals surface area contributed by atoms with Crippen LogP contribution in [-0.2, 0) is 11.2 Å². The maximum absolute atomic E-state index is 12.1. The third kappa shape index (κ3) is 3.08. The lowest BCUT2D eigenvalue weighted by Crippen LogP contribution is -2.24. The lowest BCUT2D eigenvalue weighted by Gasteiger charge is -2.00. The molecule has 0 atom stereocenters. The maximum Gasteiger partial charge on any atom is 0.450 e. The molecule has 2 aromatic rings. The van der Waals surface area contributed by atoms with Crippen molar-refractivity contribution in [3.8, 4) is 17.4 Å². The molecule has 10 heteroatoms. The fourth-order valence-electron chi connectivity index (χ4n) is 1.24. The van der Waals surface area contributed by atoms with Crippen LogP contribution in [-0.4, -0.2) is 39.2 Å². The second-order valence-electron chi connectivity index (χ2n) is 3.56. The van der Waals surface area contributed by atoms with Gasteiger partial charge in [-0.25, -0.2) is 9.97 Å². The second-order valence-corrected chi connectivity index (χ2v) is 3.56. The molecular weight excluding hydrogens is 281 g/mol. The van der Waals surface area contributed by atoms with Gasteiger partial charge in [0, 0.05) is 6.07 Å². The first-order chi connectivity index (χ1) is 9.40. The van der Waals surface area contributed by atoms with Crippen LogP contribution in [0.3, 0.4) is 0 Å². The zero-order valence-electron chi connectivity index (χ0n) is 10.0. The standard InChI is InChI=1S/C10H7F3N4O3/c1-19-7-2-5(14-4-15-7)9-16-8(20-17-9)3-6(18)10(11,12)13/h2,4H,3H2,1H3. The molecule has 2 aromatic heterocycles. The molecule has 2 heterocycles. The van der Waals surface area contributed by atoms with Gasteiger partial charge in [-0.05, 0) is 0 Å². The number of alkyl halides is 3. The van der Waals surface area contributed by atoms with Gasteiger partial charge in [0.25, 0.3) is 0 Å². The fraction of sp³-hybridized carbons (Fsp3) is 0.300. The zero-order valence-corrected chi connectivity index (χ0v) is 10.0. The molecule has 0 N–H and O–H groups in total. The van der Waals surface area contributed by atoms with E-state index in [9.17, 15) is 18.0 Å². The largest absolute Gasteiger partial charge is 0.481 e. The summed E-state index contributed by atoms with van der Waals surface area (Å²) in [7, 11) is 1.38. The molecule has 0 unspecified atom stereocenters. The molecule has 20 heavy (non-hydrogen) atoms. The fourth-order valence-corrected chi connectivity index (χ4v) is 1.24. The highest BCUT2D eigenvalue weighted by Gasteiger charge is 2.39. The predicted octanol–water partition coefficient (Wildman–Crippen LogP) is 1.21. The molecule has 0 aliphatic rings. The zero-order chi connectivity index (χ0) is 14.8. The van der Waals surface area contributed by atoms with Crippen LogP contribution in [0.2, 0.25) is 0 Å². The Balaban J connectivity index is 2.18. The molecule has 0 saturated heterocycles. The maximum atomic E-state index is 12.1. The summed E-state index contributed by atoms with van der Waals surface area (Å²) >= 11 is 0. The smallest absolute Gasteiger partial charge is 0.450 e. The molecule has 2 rings (SSSR count). The Bertz CT molecular complexity index is 626. The molecule has 0 aromatic carbocycles. The van der Waals surface area contributed by atoms with Crippen LogP contribution in [0, 0.1) is 0 Å². The summed E-state index contributed by atoms with van der Waals surface area (Å²) in [5.74, 6) is -2.24. The lowest BCUT2D eigenvalue weighted by atomic mass is 10.3. The van der Waals surface area contributed by atoms with Crippen molar-refractivity contribution in [2.75, 3.05) is 7.11 Å². The van der Waals surface area contributed by atoms with E-state index in [0.29, 0.717) is 0 Å². The number of aromatic nitrogens is 4. The van der Waals surface area contributed by atoms with Crippen molar-refractivity contribution in [1.82, 2.24) is 20.1 Å². The average Bonchev–Trinajstić information content (AvgIpc) is 2.86. The minimum atomic E-state index is -4.94. The number of Topliss-reactive ketones (excluding diaryl/α,β-unsaturated/α-hetero) is 1. The van der Waals surface area contributed by atoms with Gasteiger partial charge in [-0.2, -0.15) is 18.2 Å². The number of hydrogen-bond donors (Lipinski definition) is 0. The van der Waals surface area contributed by atoms with Crippen LogP contribution in [0.1, 0.15) is 5.89 Å². The first-order valence-electron chi connectivity index (χ1n) is 5.19. The second kappa shape index (κ2) is 5.23. The number of hydrogen-bond acceptors (Lipinski definition) is 7. The summed E-state index contributed by atoms with van der Waals surface area (Å²) in [6, 6.07) is 1.38. The Morgan fingerprint density at radius 2 is 2.15 bits per heavy atom. The Kier molecular flexibility index (Phi) is 3.63. The summed E-state index contributed by atoms with van der Waals surface area (Å²) in [6.45, 7) is 0. The number of carbonyl (C=O) groups is 1. The molecule has 0 radical (unpaired) electrons. The quantitative estimate of drug-likeness (QED) is 0.834. The molecule has 0 aliphatic heterocycles. The number of halogens is 3. The van der Waals surface area contributed by atoms with Crippen LogP contribution in [0.5, 0.6) is 5.88 Å². The van der Waals surface area contributed by atoms with E-state index in [1.165, 1.54) is 19.5 Å². The Morgan fingerprint density at radius 3 is 2.80 bits per heavy atom. The molecular formula is C10H7F3N4O3. The van der Waals surface area contributed by atoms with Gasteiger partial charge in [0.1, 0.15) is 12.0 Å². The number of carbonyl (C=O) groups excluding carboxylic acids is 1. The van der Waals surface area contributed by atoms with Crippen LogP contribution >= 0.6 is 0 Å². The highest BCUT2D eigenvalue weighted by molar-refractivity contribution is 5.85. The summed E-state index contributed by atoms with van der Waals surface area (Å²) < 4.78 is 45.7. The van der Waals surface area contributed by atoms with Gasteiger partial charge in [0.15, 0.2) is 0 Å². The monoisotopic (exact) mass is 288 g/mol.